The topological polar surface area (TPSA) is 84.6 Å². The number of benzene rings is 2. The second-order valence-corrected chi connectivity index (χ2v) is 5.97. The summed E-state index contributed by atoms with van der Waals surface area (Å²) in [6, 6.07) is 15.4. The summed E-state index contributed by atoms with van der Waals surface area (Å²) in [5.41, 5.74) is 4.51. The van der Waals surface area contributed by atoms with Gasteiger partial charge in [-0.25, -0.2) is 0 Å². The van der Waals surface area contributed by atoms with Crippen LogP contribution in [-0.2, 0) is 0 Å². The molecule has 2 aromatic rings. The van der Waals surface area contributed by atoms with Crippen molar-refractivity contribution in [2.45, 2.75) is 19.4 Å². The quantitative estimate of drug-likeness (QED) is 0.802. The molecule has 132 valence electrons. The third-order valence-corrected chi connectivity index (χ3v) is 4.34. The summed E-state index contributed by atoms with van der Waals surface area (Å²) >= 11 is 0. The van der Waals surface area contributed by atoms with Gasteiger partial charge in [-0.2, -0.15) is 0 Å². The van der Waals surface area contributed by atoms with Gasteiger partial charge in [0.15, 0.2) is 0 Å². The zero-order valence-corrected chi connectivity index (χ0v) is 14.6. The number of aliphatic hydroxyl groups excluding tert-OH is 2. The molecule has 1 heterocycles. The zero-order chi connectivity index (χ0) is 18.4. The molecule has 2 aromatic carbocycles. The van der Waals surface area contributed by atoms with Crippen molar-refractivity contribution in [2.24, 2.45) is 0 Å². The van der Waals surface area contributed by atoms with Gasteiger partial charge in [-0.15, -0.1) is 0 Å². The Morgan fingerprint density at radius 3 is 2.40 bits per heavy atom. The molecule has 5 nitrogen and oxygen atoms in total. The summed E-state index contributed by atoms with van der Waals surface area (Å²) in [6.07, 6.45) is 0.462. The van der Waals surface area contributed by atoms with E-state index in [4.69, 9.17) is 10.5 Å². The van der Waals surface area contributed by atoms with Crippen molar-refractivity contribution in [1.82, 2.24) is 4.90 Å². The molecule has 1 fully saturated rings. The first kappa shape index (κ1) is 18.8. The summed E-state index contributed by atoms with van der Waals surface area (Å²) in [6.45, 7) is 2.27. The van der Waals surface area contributed by atoms with E-state index < -0.39 is 0 Å². The predicted octanol–water partition coefficient (Wildman–Crippen LogP) is 2.50. The molecule has 3 N–H and O–H groups in total. The Morgan fingerprint density at radius 1 is 1.16 bits per heavy atom. The smallest absolute Gasteiger partial charge is 0.254 e. The van der Waals surface area contributed by atoms with E-state index in [-0.39, 0.29) is 18.6 Å². The standard InChI is InChI=1S/C19H20N2O2.CH4O/c1-13-4-2-3-5-18(13)14-6-8-15(9-7-14)19(23)21-11-16(20)10-17(21)12-22;1-2/h2-9,17,20,22H,10-12H2,1H3;2H,1H3/t17-;/m0./s1. The zero-order valence-electron chi connectivity index (χ0n) is 14.6. The first-order chi connectivity index (χ1) is 12.1. The minimum absolute atomic E-state index is 0.102. The van der Waals surface area contributed by atoms with Crippen LogP contribution in [0.1, 0.15) is 22.3 Å². The van der Waals surface area contributed by atoms with Gasteiger partial charge in [-0.3, -0.25) is 4.79 Å². The third kappa shape index (κ3) is 4.13. The lowest BCUT2D eigenvalue weighted by atomic mass is 9.99. The van der Waals surface area contributed by atoms with Gasteiger partial charge < -0.3 is 20.5 Å². The Balaban J connectivity index is 0.00000109. The van der Waals surface area contributed by atoms with Crippen molar-refractivity contribution in [2.75, 3.05) is 20.3 Å². The van der Waals surface area contributed by atoms with E-state index in [1.54, 1.807) is 4.90 Å². The van der Waals surface area contributed by atoms with Crippen LogP contribution in [0.3, 0.4) is 0 Å². The Labute approximate surface area is 148 Å². The average Bonchev–Trinajstić information content (AvgIpc) is 3.04. The predicted molar refractivity (Wildman–Crippen MR) is 99.0 cm³/mol. The van der Waals surface area contributed by atoms with Crippen LogP contribution < -0.4 is 0 Å². The van der Waals surface area contributed by atoms with E-state index in [0.29, 0.717) is 24.2 Å². The molecule has 3 rings (SSSR count). The van der Waals surface area contributed by atoms with Crippen LogP contribution in [0.25, 0.3) is 11.1 Å². The van der Waals surface area contributed by atoms with E-state index >= 15 is 0 Å². The van der Waals surface area contributed by atoms with Gasteiger partial charge in [0.05, 0.1) is 19.2 Å². The maximum atomic E-state index is 12.6. The normalized spacial score (nSPS) is 16.4. The largest absolute Gasteiger partial charge is 0.400 e. The number of rotatable bonds is 3. The molecule has 1 aliphatic heterocycles. The maximum absolute atomic E-state index is 12.6. The van der Waals surface area contributed by atoms with Crippen LogP contribution in [0.2, 0.25) is 0 Å². The third-order valence-electron chi connectivity index (χ3n) is 4.34. The minimum atomic E-state index is -0.272. The van der Waals surface area contributed by atoms with Crippen molar-refractivity contribution in [3.05, 3.63) is 59.7 Å². The van der Waals surface area contributed by atoms with Gasteiger partial charge >= 0.3 is 0 Å². The molecule has 1 atom stereocenters. The number of likely N-dealkylation sites (tertiary alicyclic amines) is 1. The number of carbonyl (C=O) groups is 1. The second-order valence-electron chi connectivity index (χ2n) is 5.97. The minimum Gasteiger partial charge on any atom is -0.400 e. The number of aliphatic hydroxyl groups is 2. The second kappa shape index (κ2) is 8.55. The SMILES string of the molecule is CO.Cc1ccccc1-c1ccc(C(=O)N2CC(=N)C[C@H]2CO)cc1. The summed E-state index contributed by atoms with van der Waals surface area (Å²) in [5, 5.41) is 24.1. The fourth-order valence-electron chi connectivity index (χ4n) is 3.05. The van der Waals surface area contributed by atoms with Crippen LogP contribution in [0.15, 0.2) is 48.5 Å². The van der Waals surface area contributed by atoms with Crippen LogP contribution in [0.4, 0.5) is 0 Å². The Bertz CT molecular complexity index is 741. The molecule has 0 bridgehead atoms. The van der Waals surface area contributed by atoms with Crippen molar-refractivity contribution >= 4 is 11.6 Å². The van der Waals surface area contributed by atoms with E-state index in [9.17, 15) is 9.90 Å². The van der Waals surface area contributed by atoms with Crippen LogP contribution >= 0.6 is 0 Å². The highest BCUT2D eigenvalue weighted by Gasteiger charge is 2.31. The first-order valence-corrected chi connectivity index (χ1v) is 8.19. The van der Waals surface area contributed by atoms with Crippen LogP contribution in [0, 0.1) is 12.3 Å². The fourth-order valence-corrected chi connectivity index (χ4v) is 3.05. The molecule has 5 heteroatoms. The monoisotopic (exact) mass is 340 g/mol. The summed E-state index contributed by atoms with van der Waals surface area (Å²) < 4.78 is 0. The summed E-state index contributed by atoms with van der Waals surface area (Å²) in [5.74, 6) is -0.123. The molecular formula is C20H24N2O3. The van der Waals surface area contributed by atoms with E-state index in [1.807, 2.05) is 36.4 Å². The summed E-state index contributed by atoms with van der Waals surface area (Å²) in [4.78, 5) is 14.2. The van der Waals surface area contributed by atoms with Crippen molar-refractivity contribution in [3.8, 4) is 11.1 Å². The lowest BCUT2D eigenvalue weighted by Crippen LogP contribution is -2.37. The van der Waals surface area contributed by atoms with Crippen molar-refractivity contribution < 1.29 is 15.0 Å². The lowest BCUT2D eigenvalue weighted by Gasteiger charge is -2.22. The van der Waals surface area contributed by atoms with Crippen LogP contribution in [-0.4, -0.2) is 53.0 Å². The first-order valence-electron chi connectivity index (χ1n) is 8.19. The van der Waals surface area contributed by atoms with Crippen molar-refractivity contribution in [1.29, 1.82) is 5.41 Å². The fraction of sp³-hybridized carbons (Fsp3) is 0.300. The van der Waals surface area contributed by atoms with E-state index in [2.05, 4.69) is 19.1 Å². The Hall–Kier alpha value is -2.50. The number of nitrogens with one attached hydrogen (secondary N) is 1. The number of carbonyl (C=O) groups excluding carboxylic acids is 1. The van der Waals surface area contributed by atoms with Gasteiger partial charge in [0.1, 0.15) is 0 Å². The Kier molecular flexibility index (Phi) is 6.44. The van der Waals surface area contributed by atoms with Gasteiger partial charge in [0, 0.05) is 24.8 Å². The number of hydrogen-bond donors (Lipinski definition) is 3. The van der Waals surface area contributed by atoms with Crippen molar-refractivity contribution in [3.63, 3.8) is 0 Å². The van der Waals surface area contributed by atoms with Gasteiger partial charge in [-0.05, 0) is 35.7 Å². The van der Waals surface area contributed by atoms with Gasteiger partial charge in [0.2, 0.25) is 0 Å². The molecule has 0 unspecified atom stereocenters. The molecule has 0 aliphatic carbocycles. The number of amides is 1. The summed E-state index contributed by atoms with van der Waals surface area (Å²) in [7, 11) is 1.00. The van der Waals surface area contributed by atoms with E-state index in [0.717, 1.165) is 18.2 Å². The number of hydrogen-bond acceptors (Lipinski definition) is 4. The molecule has 1 saturated heterocycles. The highest BCUT2D eigenvalue weighted by Crippen LogP contribution is 2.24. The Morgan fingerprint density at radius 2 is 1.80 bits per heavy atom. The highest BCUT2D eigenvalue weighted by atomic mass is 16.3. The van der Waals surface area contributed by atoms with E-state index in [1.165, 1.54) is 5.56 Å². The molecular weight excluding hydrogens is 316 g/mol. The molecule has 0 spiro atoms. The molecule has 1 aliphatic rings. The molecule has 0 saturated carbocycles. The molecule has 0 aromatic heterocycles. The number of aryl methyl sites for hydroxylation is 1. The van der Waals surface area contributed by atoms with Crippen LogP contribution in [0.5, 0.6) is 0 Å². The number of nitrogens with zero attached hydrogens (tertiary/aromatic N) is 1. The molecule has 1 amide bonds. The molecule has 25 heavy (non-hydrogen) atoms. The van der Waals surface area contributed by atoms with Gasteiger partial charge in [-0.1, -0.05) is 36.4 Å². The highest BCUT2D eigenvalue weighted by molar-refractivity contribution is 6.00. The lowest BCUT2D eigenvalue weighted by molar-refractivity contribution is 0.0680. The average molecular weight is 340 g/mol. The van der Waals surface area contributed by atoms with Gasteiger partial charge in [0.25, 0.3) is 5.91 Å². The maximum Gasteiger partial charge on any atom is 0.254 e. The molecule has 0 radical (unpaired) electrons.